The van der Waals surface area contributed by atoms with E-state index in [4.69, 9.17) is 16.6 Å². The summed E-state index contributed by atoms with van der Waals surface area (Å²) in [6.45, 7) is 0. The monoisotopic (exact) mass is 550 g/mol. The van der Waals surface area contributed by atoms with Crippen molar-refractivity contribution in [3.05, 3.63) is 36.0 Å². The van der Waals surface area contributed by atoms with Gasteiger partial charge in [0.2, 0.25) is 23.6 Å². The number of nitrogens with two attached hydrogens (primary N) is 2. The molecule has 0 fully saturated rings. The predicted octanol–water partition coefficient (Wildman–Crippen LogP) is -1.75. The van der Waals surface area contributed by atoms with E-state index in [1.807, 2.05) is 6.07 Å². The van der Waals surface area contributed by atoms with Crippen LogP contribution in [0.1, 0.15) is 24.8 Å². The number of hydrogen-bond donors (Lipinski definition) is 9. The first-order chi connectivity index (χ1) is 17.9. The number of aliphatic carboxylic acids is 2. The normalized spacial score (nSPS) is 14.1. The number of carboxylic acid groups (broad SMARTS) is 2. The Morgan fingerprint density at radius 1 is 0.921 bits per heavy atom. The number of amides is 4. The van der Waals surface area contributed by atoms with Gasteiger partial charge in [0.1, 0.15) is 18.1 Å². The number of H-pyrrole nitrogens is 1. The van der Waals surface area contributed by atoms with Crippen molar-refractivity contribution in [2.75, 3.05) is 5.75 Å². The molecule has 0 radical (unpaired) electrons. The molecule has 4 unspecified atom stereocenters. The molecule has 2 aromatic rings. The number of carboxylic acids is 2. The second-order valence-electron chi connectivity index (χ2n) is 8.48. The van der Waals surface area contributed by atoms with Crippen LogP contribution in [0.15, 0.2) is 30.5 Å². The van der Waals surface area contributed by atoms with Crippen LogP contribution < -0.4 is 27.4 Å². The number of aromatic nitrogens is 1. The molecule has 10 N–H and O–H groups in total. The van der Waals surface area contributed by atoms with E-state index in [1.54, 1.807) is 24.4 Å². The van der Waals surface area contributed by atoms with Gasteiger partial charge < -0.3 is 42.6 Å². The summed E-state index contributed by atoms with van der Waals surface area (Å²) < 4.78 is 0. The van der Waals surface area contributed by atoms with Crippen LogP contribution in [0.4, 0.5) is 0 Å². The highest BCUT2D eigenvalue weighted by atomic mass is 32.1. The van der Waals surface area contributed by atoms with Crippen molar-refractivity contribution in [1.82, 2.24) is 20.9 Å². The molecule has 38 heavy (non-hydrogen) atoms. The van der Waals surface area contributed by atoms with Crippen molar-refractivity contribution < 1.29 is 39.0 Å². The lowest BCUT2D eigenvalue weighted by atomic mass is 10.0. The van der Waals surface area contributed by atoms with Gasteiger partial charge in [0.05, 0.1) is 12.5 Å². The van der Waals surface area contributed by atoms with Crippen LogP contribution >= 0.6 is 12.6 Å². The summed E-state index contributed by atoms with van der Waals surface area (Å²) in [5, 5.41) is 26.1. The number of nitrogens with one attached hydrogen (secondary N) is 4. The Morgan fingerprint density at radius 2 is 1.53 bits per heavy atom. The van der Waals surface area contributed by atoms with Crippen molar-refractivity contribution in [2.45, 2.75) is 49.9 Å². The van der Waals surface area contributed by atoms with E-state index in [1.165, 1.54) is 0 Å². The standard InChI is InChI=1S/C23H30N6O8S/c24-13(8-18(25)30)20(33)28-16(7-11-9-26-14-4-2-1-3-12(11)14)22(35)27-15(5-6-19(31)32)21(34)29-17(10-38)23(36)37/h1-4,9,13,15-17,26,38H,5-8,10,24H2,(H2,25,30)(H,27,35)(H,28,33)(H,29,34)(H,31,32)(H,36,37). The third-order valence-corrected chi connectivity index (χ3v) is 5.93. The minimum absolute atomic E-state index is 0.0630. The summed E-state index contributed by atoms with van der Waals surface area (Å²) in [4.78, 5) is 75.3. The number of para-hydroxylation sites is 1. The van der Waals surface area contributed by atoms with Crippen LogP contribution in [0.2, 0.25) is 0 Å². The number of thiol groups is 1. The molecule has 2 rings (SSSR count). The predicted molar refractivity (Wildman–Crippen MR) is 138 cm³/mol. The molecule has 0 saturated carbocycles. The largest absolute Gasteiger partial charge is 0.481 e. The molecule has 0 aliphatic carbocycles. The first kappa shape index (κ1) is 30.1. The van der Waals surface area contributed by atoms with Crippen LogP contribution in [0.3, 0.4) is 0 Å². The molecule has 4 atom stereocenters. The lowest BCUT2D eigenvalue weighted by Crippen LogP contribution is -2.58. The highest BCUT2D eigenvalue weighted by Gasteiger charge is 2.31. The first-order valence-electron chi connectivity index (χ1n) is 11.5. The van der Waals surface area contributed by atoms with E-state index < -0.39 is 72.6 Å². The summed E-state index contributed by atoms with van der Waals surface area (Å²) in [6.07, 6.45) is 0.226. The van der Waals surface area contributed by atoms with Crippen molar-refractivity contribution in [1.29, 1.82) is 0 Å². The molecule has 0 bridgehead atoms. The third-order valence-electron chi connectivity index (χ3n) is 5.57. The Hall–Kier alpha value is -4.11. The molecule has 4 amide bonds. The lowest BCUT2D eigenvalue weighted by molar-refractivity contribution is -0.142. The Bertz CT molecular complexity index is 1200. The Kier molecular flexibility index (Phi) is 11.1. The van der Waals surface area contributed by atoms with Crippen molar-refractivity contribution in [3.8, 4) is 0 Å². The van der Waals surface area contributed by atoms with Gasteiger partial charge in [-0.15, -0.1) is 0 Å². The number of carbonyl (C=O) groups excluding carboxylic acids is 4. The zero-order chi connectivity index (χ0) is 28.4. The SMILES string of the molecule is NC(=O)CC(N)C(=O)NC(Cc1c[nH]c2ccccc12)C(=O)NC(CCC(=O)O)C(=O)NC(CS)C(=O)O. The maximum absolute atomic E-state index is 13.3. The fourth-order valence-electron chi connectivity index (χ4n) is 3.58. The molecule has 1 aromatic heterocycles. The zero-order valence-electron chi connectivity index (χ0n) is 20.2. The number of hydrogen-bond acceptors (Lipinski definition) is 8. The van der Waals surface area contributed by atoms with Gasteiger partial charge in [0.15, 0.2) is 0 Å². The van der Waals surface area contributed by atoms with Gasteiger partial charge in [-0.25, -0.2) is 4.79 Å². The van der Waals surface area contributed by atoms with Gasteiger partial charge in [-0.05, 0) is 18.1 Å². The Morgan fingerprint density at radius 3 is 2.13 bits per heavy atom. The minimum atomic E-state index is -1.44. The number of primary amides is 1. The minimum Gasteiger partial charge on any atom is -0.481 e. The van der Waals surface area contributed by atoms with Gasteiger partial charge in [0, 0.05) is 35.7 Å². The van der Waals surface area contributed by atoms with Crippen LogP contribution in [0, 0.1) is 0 Å². The molecule has 15 heteroatoms. The smallest absolute Gasteiger partial charge is 0.327 e. The van der Waals surface area contributed by atoms with Crippen molar-refractivity contribution in [2.24, 2.45) is 11.5 Å². The molecule has 1 aromatic carbocycles. The van der Waals surface area contributed by atoms with E-state index in [0.717, 1.165) is 10.9 Å². The van der Waals surface area contributed by atoms with Gasteiger partial charge >= 0.3 is 11.9 Å². The fraction of sp³-hybridized carbons (Fsp3) is 0.391. The molecular weight excluding hydrogens is 520 g/mol. The molecule has 1 heterocycles. The Labute approximate surface area is 222 Å². The van der Waals surface area contributed by atoms with Gasteiger partial charge in [-0.3, -0.25) is 24.0 Å². The number of benzene rings is 1. The first-order valence-corrected chi connectivity index (χ1v) is 12.1. The van der Waals surface area contributed by atoms with Gasteiger partial charge in [0.25, 0.3) is 0 Å². The number of fused-ring (bicyclic) bond motifs is 1. The quantitative estimate of drug-likeness (QED) is 0.114. The average molecular weight is 551 g/mol. The summed E-state index contributed by atoms with van der Waals surface area (Å²) >= 11 is 3.87. The fourth-order valence-corrected chi connectivity index (χ4v) is 3.83. The number of aromatic amines is 1. The molecule has 14 nitrogen and oxygen atoms in total. The van der Waals surface area contributed by atoms with Crippen molar-refractivity contribution >= 4 is 59.1 Å². The maximum atomic E-state index is 13.3. The maximum Gasteiger partial charge on any atom is 0.327 e. The number of carbonyl (C=O) groups is 6. The van der Waals surface area contributed by atoms with Crippen LogP contribution in [-0.4, -0.2) is 80.7 Å². The average Bonchev–Trinajstić information content (AvgIpc) is 3.26. The van der Waals surface area contributed by atoms with Crippen LogP contribution in [0.5, 0.6) is 0 Å². The summed E-state index contributed by atoms with van der Waals surface area (Å²) in [5.74, 6) is -6.35. The zero-order valence-corrected chi connectivity index (χ0v) is 21.1. The number of rotatable bonds is 15. The van der Waals surface area contributed by atoms with E-state index in [0.29, 0.717) is 5.56 Å². The molecule has 0 saturated heterocycles. The van der Waals surface area contributed by atoms with E-state index >= 15 is 0 Å². The molecular formula is C23H30N6O8S. The highest BCUT2D eigenvalue weighted by Crippen LogP contribution is 2.19. The molecule has 0 spiro atoms. The van der Waals surface area contributed by atoms with Crippen LogP contribution in [-0.2, 0) is 35.2 Å². The third kappa shape index (κ3) is 8.77. The lowest BCUT2D eigenvalue weighted by Gasteiger charge is -2.24. The van der Waals surface area contributed by atoms with Crippen molar-refractivity contribution in [3.63, 3.8) is 0 Å². The summed E-state index contributed by atoms with van der Waals surface area (Å²) in [7, 11) is 0. The highest BCUT2D eigenvalue weighted by molar-refractivity contribution is 7.80. The second kappa shape index (κ2) is 14.0. The summed E-state index contributed by atoms with van der Waals surface area (Å²) in [5.41, 5.74) is 12.2. The van der Waals surface area contributed by atoms with Gasteiger partial charge in [-0.2, -0.15) is 12.6 Å². The molecule has 0 aliphatic heterocycles. The van der Waals surface area contributed by atoms with E-state index in [9.17, 15) is 33.9 Å². The molecule has 0 aliphatic rings. The van der Waals surface area contributed by atoms with Gasteiger partial charge in [-0.1, -0.05) is 18.2 Å². The topological polar surface area (TPSA) is 247 Å². The molecule has 206 valence electrons. The van der Waals surface area contributed by atoms with Crippen LogP contribution in [0.25, 0.3) is 10.9 Å². The Balaban J connectivity index is 2.31. The summed E-state index contributed by atoms with van der Waals surface area (Å²) in [6, 6.07) is 1.71. The van der Waals surface area contributed by atoms with E-state index in [-0.39, 0.29) is 18.6 Å². The second-order valence-corrected chi connectivity index (χ2v) is 8.84. The van der Waals surface area contributed by atoms with E-state index in [2.05, 4.69) is 33.6 Å².